The highest BCUT2D eigenvalue weighted by Crippen LogP contribution is 2.38. The van der Waals surface area contributed by atoms with E-state index in [0.29, 0.717) is 6.42 Å². The molecule has 0 saturated carbocycles. The molecule has 0 aliphatic carbocycles. The molecule has 0 aromatic carbocycles. The first kappa shape index (κ1) is 15.7. The summed E-state index contributed by atoms with van der Waals surface area (Å²) in [4.78, 5) is 0. The topological polar surface area (TPSA) is 30.5 Å². The van der Waals surface area contributed by atoms with Crippen molar-refractivity contribution in [1.29, 1.82) is 0 Å². The largest absolute Gasteiger partial charge is 0.411 e. The summed E-state index contributed by atoms with van der Waals surface area (Å²) in [5.41, 5.74) is 0.0380. The van der Waals surface area contributed by atoms with Gasteiger partial charge < -0.3 is 14.8 Å². The number of ether oxygens (including phenoxy) is 2. The van der Waals surface area contributed by atoms with Crippen LogP contribution in [0.15, 0.2) is 0 Å². The first-order chi connectivity index (χ1) is 8.40. The van der Waals surface area contributed by atoms with E-state index < -0.39 is 12.8 Å². The van der Waals surface area contributed by atoms with Crippen LogP contribution in [0.1, 0.15) is 26.2 Å². The van der Waals surface area contributed by atoms with Gasteiger partial charge in [-0.3, -0.25) is 0 Å². The van der Waals surface area contributed by atoms with Crippen LogP contribution < -0.4 is 5.32 Å². The molecular weight excluding hydrogens is 247 g/mol. The average molecular weight is 269 g/mol. The molecule has 1 rings (SSSR count). The van der Waals surface area contributed by atoms with E-state index in [-0.39, 0.29) is 18.1 Å². The van der Waals surface area contributed by atoms with Crippen LogP contribution in [-0.2, 0) is 9.47 Å². The third-order valence-corrected chi connectivity index (χ3v) is 3.59. The number of hydrogen-bond donors (Lipinski definition) is 1. The second-order valence-electron chi connectivity index (χ2n) is 4.93. The molecule has 2 atom stereocenters. The van der Waals surface area contributed by atoms with Crippen molar-refractivity contribution in [1.82, 2.24) is 5.32 Å². The highest BCUT2D eigenvalue weighted by atomic mass is 19.4. The molecule has 1 aliphatic rings. The van der Waals surface area contributed by atoms with Crippen molar-refractivity contribution in [2.75, 3.05) is 33.4 Å². The molecule has 18 heavy (non-hydrogen) atoms. The third kappa shape index (κ3) is 4.74. The summed E-state index contributed by atoms with van der Waals surface area (Å²) in [6.45, 7) is 2.58. The fraction of sp³-hybridized carbons (Fsp3) is 1.00. The Morgan fingerprint density at radius 3 is 2.67 bits per heavy atom. The maximum Gasteiger partial charge on any atom is 0.411 e. The zero-order valence-electron chi connectivity index (χ0n) is 11.0. The second-order valence-corrected chi connectivity index (χ2v) is 4.93. The van der Waals surface area contributed by atoms with Crippen molar-refractivity contribution in [3.05, 3.63) is 0 Å². The van der Waals surface area contributed by atoms with Gasteiger partial charge in [-0.15, -0.1) is 0 Å². The zero-order valence-corrected chi connectivity index (χ0v) is 11.0. The Hall–Kier alpha value is -0.330. The Kier molecular flexibility index (Phi) is 5.88. The lowest BCUT2D eigenvalue weighted by atomic mass is 9.77. The molecular formula is C12H22F3NO2. The van der Waals surface area contributed by atoms with E-state index in [1.165, 1.54) is 0 Å². The third-order valence-electron chi connectivity index (χ3n) is 3.59. The van der Waals surface area contributed by atoms with Crippen molar-refractivity contribution in [3.63, 3.8) is 0 Å². The van der Waals surface area contributed by atoms with Crippen molar-refractivity contribution in [2.45, 2.75) is 38.5 Å². The molecule has 6 heteroatoms. The van der Waals surface area contributed by atoms with Crippen LogP contribution in [-0.4, -0.2) is 45.7 Å². The molecule has 1 N–H and O–H groups in total. The summed E-state index contributed by atoms with van der Waals surface area (Å²) in [6.07, 6.45) is -1.67. The molecule has 1 aliphatic heterocycles. The summed E-state index contributed by atoms with van der Waals surface area (Å²) in [7, 11) is 1.88. The zero-order chi connectivity index (χ0) is 13.6. The lowest BCUT2D eigenvalue weighted by molar-refractivity contribution is -0.174. The summed E-state index contributed by atoms with van der Waals surface area (Å²) in [5, 5.41) is 3.15. The van der Waals surface area contributed by atoms with E-state index in [2.05, 4.69) is 10.1 Å². The molecule has 0 radical (unpaired) electrons. The average Bonchev–Trinajstić information content (AvgIpc) is 2.59. The predicted molar refractivity (Wildman–Crippen MR) is 62.5 cm³/mol. The molecule has 1 saturated heterocycles. The number of nitrogens with one attached hydrogen (secondary N) is 1. The Morgan fingerprint density at radius 1 is 1.44 bits per heavy atom. The van der Waals surface area contributed by atoms with E-state index in [0.717, 1.165) is 26.0 Å². The maximum absolute atomic E-state index is 11.9. The van der Waals surface area contributed by atoms with Gasteiger partial charge in [-0.2, -0.15) is 13.2 Å². The highest BCUT2D eigenvalue weighted by Gasteiger charge is 2.40. The van der Waals surface area contributed by atoms with Gasteiger partial charge in [0.1, 0.15) is 6.61 Å². The van der Waals surface area contributed by atoms with Crippen LogP contribution in [0.3, 0.4) is 0 Å². The van der Waals surface area contributed by atoms with E-state index in [1.807, 2.05) is 14.0 Å². The van der Waals surface area contributed by atoms with Crippen LogP contribution in [0.4, 0.5) is 13.2 Å². The number of hydrogen-bond acceptors (Lipinski definition) is 3. The van der Waals surface area contributed by atoms with E-state index >= 15 is 0 Å². The SMILES string of the molecule is CNCC1(CCCOCC(F)(F)F)CCOC1C. The molecule has 1 fully saturated rings. The van der Waals surface area contributed by atoms with Gasteiger partial charge in [-0.1, -0.05) is 0 Å². The summed E-state index contributed by atoms with van der Waals surface area (Å²) in [6, 6.07) is 0. The first-order valence-electron chi connectivity index (χ1n) is 6.30. The molecule has 0 amide bonds. The molecule has 0 bridgehead atoms. The molecule has 3 nitrogen and oxygen atoms in total. The van der Waals surface area contributed by atoms with Crippen LogP contribution in [0, 0.1) is 5.41 Å². The van der Waals surface area contributed by atoms with Crippen LogP contribution in [0.25, 0.3) is 0 Å². The van der Waals surface area contributed by atoms with Gasteiger partial charge in [0.2, 0.25) is 0 Å². The van der Waals surface area contributed by atoms with E-state index in [1.54, 1.807) is 0 Å². The van der Waals surface area contributed by atoms with Crippen molar-refractivity contribution in [2.24, 2.45) is 5.41 Å². The number of halogens is 3. The van der Waals surface area contributed by atoms with Crippen molar-refractivity contribution < 1.29 is 22.6 Å². The molecule has 2 unspecified atom stereocenters. The first-order valence-corrected chi connectivity index (χ1v) is 6.30. The molecule has 1 heterocycles. The Morgan fingerprint density at radius 2 is 2.17 bits per heavy atom. The highest BCUT2D eigenvalue weighted by molar-refractivity contribution is 4.90. The molecule has 0 aromatic rings. The lowest BCUT2D eigenvalue weighted by Crippen LogP contribution is -2.38. The van der Waals surface area contributed by atoms with Gasteiger partial charge >= 0.3 is 6.18 Å². The maximum atomic E-state index is 11.9. The summed E-state index contributed by atoms with van der Waals surface area (Å²) >= 11 is 0. The van der Waals surface area contributed by atoms with E-state index in [9.17, 15) is 13.2 Å². The normalized spacial score (nSPS) is 28.8. The van der Waals surface area contributed by atoms with Gasteiger partial charge in [0.25, 0.3) is 0 Å². The smallest absolute Gasteiger partial charge is 0.378 e. The monoisotopic (exact) mass is 269 g/mol. The minimum absolute atomic E-state index is 0.0380. The van der Waals surface area contributed by atoms with Crippen LogP contribution in [0.2, 0.25) is 0 Å². The number of rotatable bonds is 7. The van der Waals surface area contributed by atoms with Crippen LogP contribution >= 0.6 is 0 Å². The van der Waals surface area contributed by atoms with Gasteiger partial charge in [0.15, 0.2) is 0 Å². The fourth-order valence-corrected chi connectivity index (χ4v) is 2.53. The second kappa shape index (κ2) is 6.73. The summed E-state index contributed by atoms with van der Waals surface area (Å²) in [5.74, 6) is 0. The Balaban J connectivity index is 2.27. The standard InChI is InChI=1S/C12H22F3NO2/c1-10-11(8-16-2,5-7-18-10)4-3-6-17-9-12(13,14)15/h10,16H,3-9H2,1-2H3. The van der Waals surface area contributed by atoms with E-state index in [4.69, 9.17) is 4.74 Å². The molecule has 108 valence electrons. The van der Waals surface area contributed by atoms with Crippen LogP contribution in [0.5, 0.6) is 0 Å². The minimum Gasteiger partial charge on any atom is -0.378 e. The minimum atomic E-state index is -4.23. The fourth-order valence-electron chi connectivity index (χ4n) is 2.53. The molecule has 0 spiro atoms. The Bertz CT molecular complexity index is 248. The lowest BCUT2D eigenvalue weighted by Gasteiger charge is -2.32. The van der Waals surface area contributed by atoms with Gasteiger partial charge in [0, 0.05) is 25.2 Å². The number of alkyl halides is 3. The predicted octanol–water partition coefficient (Wildman–Crippen LogP) is 2.36. The quantitative estimate of drug-likeness (QED) is 0.720. The summed E-state index contributed by atoms with van der Waals surface area (Å²) < 4.78 is 45.9. The van der Waals surface area contributed by atoms with Crippen molar-refractivity contribution in [3.8, 4) is 0 Å². The van der Waals surface area contributed by atoms with Gasteiger partial charge in [-0.05, 0) is 33.2 Å². The van der Waals surface area contributed by atoms with Gasteiger partial charge in [-0.25, -0.2) is 0 Å². The van der Waals surface area contributed by atoms with Crippen molar-refractivity contribution >= 4 is 0 Å². The van der Waals surface area contributed by atoms with Gasteiger partial charge in [0.05, 0.1) is 6.10 Å². The Labute approximate surface area is 106 Å². The molecule has 0 aromatic heterocycles.